The van der Waals surface area contributed by atoms with Crippen molar-refractivity contribution < 1.29 is 4.52 Å². The fourth-order valence-corrected chi connectivity index (χ4v) is 2.50. The van der Waals surface area contributed by atoms with Gasteiger partial charge in [-0.1, -0.05) is 39.3 Å². The molecular weight excluding hydrogens is 280 g/mol. The van der Waals surface area contributed by atoms with E-state index in [4.69, 9.17) is 10.3 Å². The van der Waals surface area contributed by atoms with Crippen LogP contribution in [-0.4, -0.2) is 5.16 Å². The van der Waals surface area contributed by atoms with Gasteiger partial charge in [0.1, 0.15) is 5.76 Å². The second kappa shape index (κ2) is 4.18. The molecule has 0 spiro atoms. The van der Waals surface area contributed by atoms with Crippen molar-refractivity contribution in [2.75, 3.05) is 5.73 Å². The number of benzene rings is 1. The average molecular weight is 293 g/mol. The monoisotopic (exact) mass is 292 g/mol. The van der Waals surface area contributed by atoms with Gasteiger partial charge in [-0.05, 0) is 24.8 Å². The molecule has 17 heavy (non-hydrogen) atoms. The van der Waals surface area contributed by atoms with Gasteiger partial charge in [-0.15, -0.1) is 0 Å². The molecule has 2 aromatic rings. The highest BCUT2D eigenvalue weighted by Gasteiger charge is 2.27. The number of anilines is 1. The number of hydrogen-bond acceptors (Lipinski definition) is 3. The van der Waals surface area contributed by atoms with Crippen molar-refractivity contribution in [1.82, 2.24) is 5.16 Å². The summed E-state index contributed by atoms with van der Waals surface area (Å²) in [4.78, 5) is 0. The first kappa shape index (κ1) is 10.8. The Balaban J connectivity index is 2.06. The van der Waals surface area contributed by atoms with Gasteiger partial charge < -0.3 is 10.3 Å². The molecule has 3 rings (SSSR count). The molecule has 0 unspecified atom stereocenters. The number of halogens is 1. The molecule has 1 aromatic carbocycles. The van der Waals surface area contributed by atoms with Crippen LogP contribution >= 0.6 is 15.9 Å². The van der Waals surface area contributed by atoms with E-state index in [-0.39, 0.29) is 0 Å². The molecule has 1 aliphatic rings. The SMILES string of the molecule is Nc1noc(CC2CC2)c1-c1ccccc1Br. The zero-order valence-corrected chi connectivity index (χ0v) is 10.9. The minimum absolute atomic E-state index is 0.479. The Morgan fingerprint density at radius 1 is 1.35 bits per heavy atom. The number of hydrogen-bond donors (Lipinski definition) is 1. The summed E-state index contributed by atoms with van der Waals surface area (Å²) in [5.41, 5.74) is 7.92. The van der Waals surface area contributed by atoms with Crippen molar-refractivity contribution in [2.24, 2.45) is 5.92 Å². The van der Waals surface area contributed by atoms with E-state index in [1.165, 1.54) is 12.8 Å². The molecule has 3 nitrogen and oxygen atoms in total. The highest BCUT2D eigenvalue weighted by atomic mass is 79.9. The molecule has 2 N–H and O–H groups in total. The fourth-order valence-electron chi connectivity index (χ4n) is 2.01. The summed E-state index contributed by atoms with van der Waals surface area (Å²) in [6, 6.07) is 8.01. The van der Waals surface area contributed by atoms with Crippen LogP contribution in [0.2, 0.25) is 0 Å². The second-order valence-electron chi connectivity index (χ2n) is 4.49. The van der Waals surface area contributed by atoms with Crippen LogP contribution in [0.4, 0.5) is 5.82 Å². The van der Waals surface area contributed by atoms with Crippen LogP contribution in [0.3, 0.4) is 0 Å². The Morgan fingerprint density at radius 2 is 2.12 bits per heavy atom. The van der Waals surface area contributed by atoms with Gasteiger partial charge in [0.05, 0.1) is 5.56 Å². The van der Waals surface area contributed by atoms with Gasteiger partial charge in [0.15, 0.2) is 5.82 Å². The normalized spacial score (nSPS) is 15.1. The lowest BCUT2D eigenvalue weighted by atomic mass is 10.0. The van der Waals surface area contributed by atoms with Crippen molar-refractivity contribution in [3.63, 3.8) is 0 Å². The number of nitrogen functional groups attached to an aromatic ring is 1. The molecule has 88 valence electrons. The Labute approximate surface area is 108 Å². The predicted octanol–water partition coefficient (Wildman–Crippen LogP) is 3.64. The third kappa shape index (κ3) is 2.09. The van der Waals surface area contributed by atoms with Gasteiger partial charge >= 0.3 is 0 Å². The molecule has 0 atom stereocenters. The lowest BCUT2D eigenvalue weighted by Gasteiger charge is -2.04. The minimum Gasteiger partial charge on any atom is -0.380 e. The van der Waals surface area contributed by atoms with E-state index in [1.54, 1.807) is 0 Å². The van der Waals surface area contributed by atoms with E-state index < -0.39 is 0 Å². The minimum atomic E-state index is 0.479. The van der Waals surface area contributed by atoms with Crippen LogP contribution in [0.5, 0.6) is 0 Å². The Hall–Kier alpha value is -1.29. The molecule has 0 aliphatic heterocycles. The fraction of sp³-hybridized carbons (Fsp3) is 0.308. The van der Waals surface area contributed by atoms with Crippen molar-refractivity contribution in [3.8, 4) is 11.1 Å². The molecule has 0 amide bonds. The first-order valence-electron chi connectivity index (χ1n) is 5.74. The molecule has 0 radical (unpaired) electrons. The summed E-state index contributed by atoms with van der Waals surface area (Å²) in [6.07, 6.45) is 3.52. The van der Waals surface area contributed by atoms with Gasteiger partial charge in [-0.25, -0.2) is 0 Å². The van der Waals surface area contributed by atoms with E-state index in [0.717, 1.165) is 33.7 Å². The maximum atomic E-state index is 5.91. The topological polar surface area (TPSA) is 52.0 Å². The lowest BCUT2D eigenvalue weighted by Crippen LogP contribution is -1.92. The predicted molar refractivity (Wildman–Crippen MR) is 70.5 cm³/mol. The van der Waals surface area contributed by atoms with Gasteiger partial charge in [-0.2, -0.15) is 0 Å². The maximum absolute atomic E-state index is 5.91. The second-order valence-corrected chi connectivity index (χ2v) is 5.35. The molecule has 1 heterocycles. The van der Waals surface area contributed by atoms with E-state index in [9.17, 15) is 0 Å². The zero-order chi connectivity index (χ0) is 11.8. The standard InChI is InChI=1S/C13H13BrN2O/c14-10-4-2-1-3-9(10)12-11(7-8-5-6-8)17-16-13(12)15/h1-4,8H,5-7H2,(H2,15,16). The van der Waals surface area contributed by atoms with Crippen molar-refractivity contribution >= 4 is 21.7 Å². The van der Waals surface area contributed by atoms with Gasteiger partial charge in [0, 0.05) is 16.5 Å². The van der Waals surface area contributed by atoms with Gasteiger partial charge in [-0.3, -0.25) is 0 Å². The molecule has 0 bridgehead atoms. The Bertz CT molecular complexity index is 546. The smallest absolute Gasteiger partial charge is 0.175 e. The van der Waals surface area contributed by atoms with E-state index in [0.29, 0.717) is 5.82 Å². The molecular formula is C13H13BrN2O. The van der Waals surface area contributed by atoms with Crippen molar-refractivity contribution in [1.29, 1.82) is 0 Å². The summed E-state index contributed by atoms with van der Waals surface area (Å²) in [6.45, 7) is 0. The third-order valence-corrected chi connectivity index (χ3v) is 3.79. The molecule has 4 heteroatoms. The quantitative estimate of drug-likeness (QED) is 0.940. The Morgan fingerprint density at radius 3 is 2.82 bits per heavy atom. The van der Waals surface area contributed by atoms with Crippen molar-refractivity contribution in [3.05, 3.63) is 34.5 Å². The lowest BCUT2D eigenvalue weighted by molar-refractivity contribution is 0.381. The molecule has 0 saturated heterocycles. The summed E-state index contributed by atoms with van der Waals surface area (Å²) < 4.78 is 6.38. The van der Waals surface area contributed by atoms with Crippen LogP contribution in [0.1, 0.15) is 18.6 Å². The van der Waals surface area contributed by atoms with Gasteiger partial charge in [0.2, 0.25) is 0 Å². The van der Waals surface area contributed by atoms with Gasteiger partial charge in [0.25, 0.3) is 0 Å². The number of nitrogens with two attached hydrogens (primary N) is 1. The summed E-state index contributed by atoms with van der Waals surface area (Å²) in [7, 11) is 0. The summed E-state index contributed by atoms with van der Waals surface area (Å²) in [5.74, 6) is 2.15. The third-order valence-electron chi connectivity index (χ3n) is 3.10. The first-order chi connectivity index (χ1) is 8.25. The number of nitrogens with zero attached hydrogens (tertiary/aromatic N) is 1. The highest BCUT2D eigenvalue weighted by Crippen LogP contribution is 2.39. The van der Waals surface area contributed by atoms with Crippen LogP contribution < -0.4 is 5.73 Å². The van der Waals surface area contributed by atoms with Crippen LogP contribution in [0.25, 0.3) is 11.1 Å². The van der Waals surface area contributed by atoms with Crippen LogP contribution in [-0.2, 0) is 6.42 Å². The number of aromatic nitrogens is 1. The largest absolute Gasteiger partial charge is 0.380 e. The zero-order valence-electron chi connectivity index (χ0n) is 9.32. The number of rotatable bonds is 3. The molecule has 1 saturated carbocycles. The summed E-state index contributed by atoms with van der Waals surface area (Å²) in [5, 5.41) is 3.90. The summed E-state index contributed by atoms with van der Waals surface area (Å²) >= 11 is 3.54. The van der Waals surface area contributed by atoms with Crippen LogP contribution in [0.15, 0.2) is 33.3 Å². The van der Waals surface area contributed by atoms with Crippen molar-refractivity contribution in [2.45, 2.75) is 19.3 Å². The van der Waals surface area contributed by atoms with E-state index in [2.05, 4.69) is 21.1 Å². The van der Waals surface area contributed by atoms with Crippen LogP contribution in [0, 0.1) is 5.92 Å². The van der Waals surface area contributed by atoms with E-state index in [1.807, 2.05) is 24.3 Å². The molecule has 1 fully saturated rings. The average Bonchev–Trinajstić information content (AvgIpc) is 3.05. The first-order valence-corrected chi connectivity index (χ1v) is 6.54. The highest BCUT2D eigenvalue weighted by molar-refractivity contribution is 9.10. The molecule has 1 aromatic heterocycles. The Kier molecular flexibility index (Phi) is 2.67. The molecule has 1 aliphatic carbocycles. The van der Waals surface area contributed by atoms with E-state index >= 15 is 0 Å². The maximum Gasteiger partial charge on any atom is 0.175 e.